The lowest BCUT2D eigenvalue weighted by atomic mass is 10.1. The Morgan fingerprint density at radius 2 is 1.64 bits per heavy atom. The number of oxazole rings is 1. The van der Waals surface area contributed by atoms with Crippen LogP contribution in [0.5, 0.6) is 0 Å². The summed E-state index contributed by atoms with van der Waals surface area (Å²) in [5.41, 5.74) is 6.93. The molecule has 0 spiro atoms. The summed E-state index contributed by atoms with van der Waals surface area (Å²) >= 11 is 5.89. The molecule has 1 heterocycles. The SMILES string of the molecule is Cc1cc2nc(-c3ccc(C)c(NC(=O)c4ccc(Cl)cc4)c3)oc2cc1C. The van der Waals surface area contributed by atoms with Crippen LogP contribution in [0.15, 0.2) is 59.0 Å². The standard InChI is InChI=1S/C23H19ClN2O2/c1-13-4-5-17(23-26-20-10-14(2)15(3)11-21(20)28-23)12-19(13)25-22(27)16-6-8-18(24)9-7-16/h4-12H,1-3H3,(H,25,27). The normalized spacial score (nSPS) is 11.0. The first-order chi connectivity index (χ1) is 13.4. The van der Waals surface area contributed by atoms with Crippen LogP contribution in [0.4, 0.5) is 5.69 Å². The maximum Gasteiger partial charge on any atom is 0.255 e. The quantitative estimate of drug-likeness (QED) is 0.445. The predicted octanol–water partition coefficient (Wildman–Crippen LogP) is 6.33. The van der Waals surface area contributed by atoms with Gasteiger partial charge in [0.15, 0.2) is 5.58 Å². The monoisotopic (exact) mass is 390 g/mol. The average molecular weight is 391 g/mol. The molecular weight excluding hydrogens is 372 g/mol. The number of carbonyl (C=O) groups is 1. The molecule has 4 aromatic rings. The molecule has 0 aliphatic carbocycles. The molecule has 3 aromatic carbocycles. The van der Waals surface area contributed by atoms with Gasteiger partial charge in [-0.3, -0.25) is 4.79 Å². The smallest absolute Gasteiger partial charge is 0.255 e. The highest BCUT2D eigenvalue weighted by atomic mass is 35.5. The lowest BCUT2D eigenvalue weighted by Gasteiger charge is -2.10. The highest BCUT2D eigenvalue weighted by molar-refractivity contribution is 6.30. The van der Waals surface area contributed by atoms with Gasteiger partial charge in [0.05, 0.1) is 0 Å². The fourth-order valence-electron chi connectivity index (χ4n) is 2.99. The van der Waals surface area contributed by atoms with Gasteiger partial charge in [0.25, 0.3) is 5.91 Å². The number of nitrogens with one attached hydrogen (secondary N) is 1. The highest BCUT2D eigenvalue weighted by Gasteiger charge is 2.13. The maximum absolute atomic E-state index is 12.5. The third-order valence-corrected chi connectivity index (χ3v) is 5.10. The highest BCUT2D eigenvalue weighted by Crippen LogP contribution is 2.29. The lowest BCUT2D eigenvalue weighted by Crippen LogP contribution is -2.12. The summed E-state index contributed by atoms with van der Waals surface area (Å²) < 4.78 is 5.95. The van der Waals surface area contributed by atoms with E-state index in [9.17, 15) is 4.79 Å². The van der Waals surface area contributed by atoms with Gasteiger partial charge in [0.2, 0.25) is 5.89 Å². The van der Waals surface area contributed by atoms with Crippen molar-refractivity contribution in [2.75, 3.05) is 5.32 Å². The molecule has 1 amide bonds. The van der Waals surface area contributed by atoms with Crippen LogP contribution < -0.4 is 5.32 Å². The Bertz CT molecular complexity index is 1150. The summed E-state index contributed by atoms with van der Waals surface area (Å²) in [6.07, 6.45) is 0. The Kier molecular flexibility index (Phi) is 4.65. The van der Waals surface area contributed by atoms with Gasteiger partial charge in [-0.1, -0.05) is 17.7 Å². The van der Waals surface area contributed by atoms with Crippen molar-refractivity contribution in [1.29, 1.82) is 0 Å². The molecule has 28 heavy (non-hydrogen) atoms. The zero-order chi connectivity index (χ0) is 19.8. The van der Waals surface area contributed by atoms with Crippen molar-refractivity contribution in [1.82, 2.24) is 4.98 Å². The summed E-state index contributed by atoms with van der Waals surface area (Å²) in [7, 11) is 0. The molecule has 5 heteroatoms. The van der Waals surface area contributed by atoms with E-state index in [0.29, 0.717) is 22.2 Å². The van der Waals surface area contributed by atoms with E-state index in [4.69, 9.17) is 16.0 Å². The van der Waals surface area contributed by atoms with E-state index in [2.05, 4.69) is 17.2 Å². The molecule has 140 valence electrons. The number of fused-ring (bicyclic) bond motifs is 1. The molecule has 0 saturated heterocycles. The van der Waals surface area contributed by atoms with Crippen molar-refractivity contribution >= 4 is 34.3 Å². The first-order valence-electron chi connectivity index (χ1n) is 8.96. The Hall–Kier alpha value is -3.11. The fraction of sp³-hybridized carbons (Fsp3) is 0.130. The molecule has 0 saturated carbocycles. The lowest BCUT2D eigenvalue weighted by molar-refractivity contribution is 0.102. The molecule has 0 bridgehead atoms. The number of hydrogen-bond acceptors (Lipinski definition) is 3. The number of nitrogens with zero attached hydrogens (tertiary/aromatic N) is 1. The van der Waals surface area contributed by atoms with Gasteiger partial charge in [-0.05, 0) is 86.0 Å². The molecule has 0 unspecified atom stereocenters. The van der Waals surface area contributed by atoms with Crippen molar-refractivity contribution < 1.29 is 9.21 Å². The number of amides is 1. The van der Waals surface area contributed by atoms with Gasteiger partial charge in [-0.15, -0.1) is 0 Å². The first kappa shape index (κ1) is 18.3. The minimum atomic E-state index is -0.194. The minimum absolute atomic E-state index is 0.194. The Labute approximate surface area is 168 Å². The number of hydrogen-bond donors (Lipinski definition) is 1. The summed E-state index contributed by atoms with van der Waals surface area (Å²) in [6.45, 7) is 6.05. The molecule has 0 fully saturated rings. The molecule has 1 N–H and O–H groups in total. The molecule has 0 aliphatic rings. The molecular formula is C23H19ClN2O2. The maximum atomic E-state index is 12.5. The van der Waals surface area contributed by atoms with Gasteiger partial charge in [-0.2, -0.15) is 0 Å². The topological polar surface area (TPSA) is 55.1 Å². The Balaban J connectivity index is 1.67. The number of rotatable bonds is 3. The van der Waals surface area contributed by atoms with Crippen LogP contribution in [-0.2, 0) is 0 Å². The van der Waals surface area contributed by atoms with Crippen LogP contribution in [0, 0.1) is 20.8 Å². The van der Waals surface area contributed by atoms with E-state index in [-0.39, 0.29) is 5.91 Å². The van der Waals surface area contributed by atoms with Crippen LogP contribution in [0.2, 0.25) is 5.02 Å². The van der Waals surface area contributed by atoms with E-state index in [0.717, 1.165) is 27.8 Å². The summed E-state index contributed by atoms with van der Waals surface area (Å²) in [6, 6.07) is 16.6. The van der Waals surface area contributed by atoms with E-state index in [1.165, 1.54) is 5.56 Å². The van der Waals surface area contributed by atoms with Crippen molar-refractivity contribution in [3.8, 4) is 11.5 Å². The third-order valence-electron chi connectivity index (χ3n) is 4.84. The summed E-state index contributed by atoms with van der Waals surface area (Å²) in [5.74, 6) is 0.336. The summed E-state index contributed by atoms with van der Waals surface area (Å²) in [5, 5.41) is 3.55. The molecule has 4 nitrogen and oxygen atoms in total. The predicted molar refractivity (Wildman–Crippen MR) is 113 cm³/mol. The number of aryl methyl sites for hydroxylation is 3. The second-order valence-corrected chi connectivity index (χ2v) is 7.35. The summed E-state index contributed by atoms with van der Waals surface area (Å²) in [4.78, 5) is 17.2. The van der Waals surface area contributed by atoms with Crippen molar-refractivity contribution in [3.05, 3.63) is 81.9 Å². The van der Waals surface area contributed by atoms with Crippen LogP contribution in [0.25, 0.3) is 22.6 Å². The Morgan fingerprint density at radius 3 is 2.39 bits per heavy atom. The number of carbonyl (C=O) groups excluding carboxylic acids is 1. The number of anilines is 1. The molecule has 4 rings (SSSR count). The van der Waals surface area contributed by atoms with Crippen LogP contribution in [-0.4, -0.2) is 10.9 Å². The number of benzene rings is 3. The fourth-order valence-corrected chi connectivity index (χ4v) is 3.11. The third kappa shape index (κ3) is 3.51. The number of aromatic nitrogens is 1. The molecule has 1 aromatic heterocycles. The second kappa shape index (κ2) is 7.13. The van der Waals surface area contributed by atoms with Crippen LogP contribution in [0.3, 0.4) is 0 Å². The second-order valence-electron chi connectivity index (χ2n) is 6.91. The van der Waals surface area contributed by atoms with E-state index < -0.39 is 0 Å². The van der Waals surface area contributed by atoms with E-state index >= 15 is 0 Å². The molecule has 0 atom stereocenters. The molecule has 0 radical (unpaired) electrons. The average Bonchev–Trinajstić information content (AvgIpc) is 3.07. The van der Waals surface area contributed by atoms with Crippen LogP contribution in [0.1, 0.15) is 27.0 Å². The zero-order valence-electron chi connectivity index (χ0n) is 15.8. The van der Waals surface area contributed by atoms with E-state index in [1.54, 1.807) is 24.3 Å². The van der Waals surface area contributed by atoms with Crippen molar-refractivity contribution in [3.63, 3.8) is 0 Å². The molecule has 0 aliphatic heterocycles. The van der Waals surface area contributed by atoms with E-state index in [1.807, 2.05) is 44.2 Å². The van der Waals surface area contributed by atoms with Crippen molar-refractivity contribution in [2.45, 2.75) is 20.8 Å². The minimum Gasteiger partial charge on any atom is -0.436 e. The van der Waals surface area contributed by atoms with Gasteiger partial charge >= 0.3 is 0 Å². The first-order valence-corrected chi connectivity index (χ1v) is 9.34. The van der Waals surface area contributed by atoms with Gasteiger partial charge < -0.3 is 9.73 Å². The van der Waals surface area contributed by atoms with Crippen LogP contribution >= 0.6 is 11.6 Å². The van der Waals surface area contributed by atoms with Gasteiger partial charge in [-0.25, -0.2) is 4.98 Å². The van der Waals surface area contributed by atoms with Gasteiger partial charge in [0, 0.05) is 21.8 Å². The van der Waals surface area contributed by atoms with Gasteiger partial charge in [0.1, 0.15) is 5.52 Å². The van der Waals surface area contributed by atoms with Crippen molar-refractivity contribution in [2.24, 2.45) is 0 Å². The Morgan fingerprint density at radius 1 is 0.929 bits per heavy atom. The zero-order valence-corrected chi connectivity index (χ0v) is 16.6. The largest absolute Gasteiger partial charge is 0.436 e. The number of halogens is 1.